The molecule has 0 spiro atoms. The minimum absolute atomic E-state index is 0.0660. The second-order valence-corrected chi connectivity index (χ2v) is 6.08. The Morgan fingerprint density at radius 3 is 2.80 bits per heavy atom. The van der Waals surface area contributed by atoms with E-state index in [1.54, 1.807) is 6.07 Å². The SMILES string of the molecule is NC1CCCCC1c1nc(-c2cc(F)cc(Br)c2)no1. The molecule has 1 aromatic heterocycles. The standard InChI is InChI=1S/C14H15BrFN3O/c15-9-5-8(6-10(16)7-9)13-18-14(20-19-13)11-3-1-2-4-12(11)17/h5-7,11-12H,1-4,17H2. The maximum Gasteiger partial charge on any atom is 0.231 e. The molecule has 0 radical (unpaired) electrons. The van der Waals surface area contributed by atoms with Crippen LogP contribution in [0.4, 0.5) is 4.39 Å². The molecule has 2 aromatic rings. The highest BCUT2D eigenvalue weighted by Crippen LogP contribution is 2.32. The van der Waals surface area contributed by atoms with E-state index in [-0.39, 0.29) is 17.8 Å². The van der Waals surface area contributed by atoms with Crippen LogP contribution in [0.3, 0.4) is 0 Å². The van der Waals surface area contributed by atoms with Gasteiger partial charge in [-0.3, -0.25) is 0 Å². The molecule has 4 nitrogen and oxygen atoms in total. The van der Waals surface area contributed by atoms with E-state index < -0.39 is 0 Å². The fourth-order valence-electron chi connectivity index (χ4n) is 2.65. The predicted octanol–water partition coefficient (Wildman–Crippen LogP) is 3.62. The van der Waals surface area contributed by atoms with Gasteiger partial charge in [0.1, 0.15) is 5.82 Å². The monoisotopic (exact) mass is 339 g/mol. The van der Waals surface area contributed by atoms with E-state index >= 15 is 0 Å². The Kier molecular flexibility index (Phi) is 3.85. The molecule has 0 amide bonds. The number of rotatable bonds is 2. The average molecular weight is 340 g/mol. The Labute approximate surface area is 124 Å². The summed E-state index contributed by atoms with van der Waals surface area (Å²) < 4.78 is 19.4. The summed E-state index contributed by atoms with van der Waals surface area (Å²) >= 11 is 3.26. The Morgan fingerprint density at radius 1 is 1.25 bits per heavy atom. The molecule has 3 rings (SSSR count). The average Bonchev–Trinajstić information content (AvgIpc) is 2.87. The Hall–Kier alpha value is -1.27. The first kappa shape index (κ1) is 13.7. The van der Waals surface area contributed by atoms with Crippen LogP contribution in [0.1, 0.15) is 37.5 Å². The summed E-state index contributed by atoms with van der Waals surface area (Å²) in [5, 5.41) is 3.95. The second kappa shape index (κ2) is 5.61. The largest absolute Gasteiger partial charge is 0.339 e. The van der Waals surface area contributed by atoms with Crippen LogP contribution in [0, 0.1) is 5.82 Å². The molecule has 106 valence electrons. The molecule has 2 unspecified atom stereocenters. The summed E-state index contributed by atoms with van der Waals surface area (Å²) in [7, 11) is 0. The fraction of sp³-hybridized carbons (Fsp3) is 0.429. The van der Waals surface area contributed by atoms with Crippen molar-refractivity contribution in [3.05, 3.63) is 34.4 Å². The lowest BCUT2D eigenvalue weighted by Crippen LogP contribution is -2.31. The predicted molar refractivity (Wildman–Crippen MR) is 76.6 cm³/mol. The summed E-state index contributed by atoms with van der Waals surface area (Å²) in [6.07, 6.45) is 4.22. The Balaban J connectivity index is 1.89. The van der Waals surface area contributed by atoms with Crippen LogP contribution < -0.4 is 5.73 Å². The minimum Gasteiger partial charge on any atom is -0.339 e. The van der Waals surface area contributed by atoms with Gasteiger partial charge < -0.3 is 10.3 Å². The Bertz CT molecular complexity index is 596. The van der Waals surface area contributed by atoms with Crippen molar-refractivity contribution in [2.24, 2.45) is 5.73 Å². The maximum absolute atomic E-state index is 13.4. The third-order valence-corrected chi connectivity index (χ3v) is 4.16. The van der Waals surface area contributed by atoms with Gasteiger partial charge in [0.05, 0.1) is 5.92 Å². The zero-order chi connectivity index (χ0) is 14.1. The van der Waals surface area contributed by atoms with E-state index in [1.165, 1.54) is 12.1 Å². The van der Waals surface area contributed by atoms with Gasteiger partial charge in [-0.15, -0.1) is 0 Å². The van der Waals surface area contributed by atoms with Gasteiger partial charge in [0, 0.05) is 16.1 Å². The number of nitrogens with zero attached hydrogens (tertiary/aromatic N) is 2. The van der Waals surface area contributed by atoms with Gasteiger partial charge in [0.2, 0.25) is 11.7 Å². The van der Waals surface area contributed by atoms with Crippen LogP contribution in [0.5, 0.6) is 0 Å². The normalized spacial score (nSPS) is 22.9. The molecular weight excluding hydrogens is 325 g/mol. The zero-order valence-corrected chi connectivity index (χ0v) is 12.4. The zero-order valence-electron chi connectivity index (χ0n) is 10.9. The van der Waals surface area contributed by atoms with Gasteiger partial charge >= 0.3 is 0 Å². The molecule has 6 heteroatoms. The number of halogens is 2. The van der Waals surface area contributed by atoms with Crippen molar-refractivity contribution in [3.63, 3.8) is 0 Å². The molecule has 1 heterocycles. The van der Waals surface area contributed by atoms with Crippen LogP contribution in [0.15, 0.2) is 27.2 Å². The number of benzene rings is 1. The van der Waals surface area contributed by atoms with Gasteiger partial charge in [-0.25, -0.2) is 4.39 Å². The van der Waals surface area contributed by atoms with Crippen molar-refractivity contribution in [1.82, 2.24) is 10.1 Å². The van der Waals surface area contributed by atoms with E-state index in [0.29, 0.717) is 21.8 Å². The van der Waals surface area contributed by atoms with E-state index in [2.05, 4.69) is 26.1 Å². The third-order valence-electron chi connectivity index (χ3n) is 3.70. The van der Waals surface area contributed by atoms with Gasteiger partial charge in [-0.2, -0.15) is 4.98 Å². The Morgan fingerprint density at radius 2 is 2.05 bits per heavy atom. The molecule has 0 saturated heterocycles. The molecule has 2 N–H and O–H groups in total. The van der Waals surface area contributed by atoms with Gasteiger partial charge in [0.25, 0.3) is 0 Å². The van der Waals surface area contributed by atoms with E-state index in [4.69, 9.17) is 10.3 Å². The highest BCUT2D eigenvalue weighted by atomic mass is 79.9. The summed E-state index contributed by atoms with van der Waals surface area (Å²) in [5.74, 6) is 0.739. The van der Waals surface area contributed by atoms with Crippen molar-refractivity contribution in [2.75, 3.05) is 0 Å². The minimum atomic E-state index is -0.338. The van der Waals surface area contributed by atoms with Crippen molar-refractivity contribution in [3.8, 4) is 11.4 Å². The fourth-order valence-corrected chi connectivity index (χ4v) is 3.12. The summed E-state index contributed by atoms with van der Waals surface area (Å²) in [4.78, 5) is 4.39. The van der Waals surface area contributed by atoms with Crippen LogP contribution in [0.2, 0.25) is 0 Å². The quantitative estimate of drug-likeness (QED) is 0.907. The molecular formula is C14H15BrFN3O. The second-order valence-electron chi connectivity index (χ2n) is 5.17. The van der Waals surface area contributed by atoms with Crippen molar-refractivity contribution >= 4 is 15.9 Å². The maximum atomic E-state index is 13.4. The van der Waals surface area contributed by atoms with Crippen LogP contribution in [-0.4, -0.2) is 16.2 Å². The molecule has 1 aliphatic carbocycles. The van der Waals surface area contributed by atoms with E-state index in [9.17, 15) is 4.39 Å². The smallest absolute Gasteiger partial charge is 0.231 e. The lowest BCUT2D eigenvalue weighted by molar-refractivity contribution is 0.290. The van der Waals surface area contributed by atoms with Gasteiger partial charge in [-0.05, 0) is 31.0 Å². The number of nitrogens with two attached hydrogens (primary N) is 1. The van der Waals surface area contributed by atoms with Crippen LogP contribution in [0.25, 0.3) is 11.4 Å². The van der Waals surface area contributed by atoms with Gasteiger partial charge in [0.15, 0.2) is 0 Å². The van der Waals surface area contributed by atoms with Crippen molar-refractivity contribution in [1.29, 1.82) is 0 Å². The molecule has 2 atom stereocenters. The molecule has 1 saturated carbocycles. The lowest BCUT2D eigenvalue weighted by atomic mass is 9.85. The third kappa shape index (κ3) is 2.76. The highest BCUT2D eigenvalue weighted by Gasteiger charge is 2.28. The molecule has 0 aliphatic heterocycles. The molecule has 1 fully saturated rings. The van der Waals surface area contributed by atoms with E-state index in [1.807, 2.05) is 0 Å². The van der Waals surface area contributed by atoms with Crippen LogP contribution in [-0.2, 0) is 0 Å². The number of hydrogen-bond acceptors (Lipinski definition) is 4. The highest BCUT2D eigenvalue weighted by molar-refractivity contribution is 9.10. The van der Waals surface area contributed by atoms with Crippen molar-refractivity contribution < 1.29 is 8.91 Å². The first-order valence-electron chi connectivity index (χ1n) is 6.69. The number of hydrogen-bond donors (Lipinski definition) is 1. The summed E-state index contributed by atoms with van der Waals surface area (Å²) in [6.45, 7) is 0. The molecule has 1 aromatic carbocycles. The first-order chi connectivity index (χ1) is 9.63. The number of aromatic nitrogens is 2. The van der Waals surface area contributed by atoms with Crippen LogP contribution >= 0.6 is 15.9 Å². The molecule has 1 aliphatic rings. The van der Waals surface area contributed by atoms with Gasteiger partial charge in [-0.1, -0.05) is 33.9 Å². The molecule has 20 heavy (non-hydrogen) atoms. The molecule has 0 bridgehead atoms. The lowest BCUT2D eigenvalue weighted by Gasteiger charge is -2.25. The summed E-state index contributed by atoms with van der Waals surface area (Å²) in [6, 6.07) is 4.61. The topological polar surface area (TPSA) is 64.9 Å². The van der Waals surface area contributed by atoms with Crippen molar-refractivity contribution in [2.45, 2.75) is 37.6 Å². The van der Waals surface area contributed by atoms with E-state index in [0.717, 1.165) is 25.7 Å². The summed E-state index contributed by atoms with van der Waals surface area (Å²) in [5.41, 5.74) is 6.71. The first-order valence-corrected chi connectivity index (χ1v) is 7.48.